The summed E-state index contributed by atoms with van der Waals surface area (Å²) in [4.78, 5) is 16.6. The van der Waals surface area contributed by atoms with Gasteiger partial charge in [0.05, 0.1) is 26.5 Å². The molecule has 0 atom stereocenters. The van der Waals surface area contributed by atoms with Crippen molar-refractivity contribution in [1.82, 2.24) is 15.1 Å². The number of nitrogens with one attached hydrogen (secondary N) is 2. The molecule has 4 rings (SSSR count). The van der Waals surface area contributed by atoms with Gasteiger partial charge in [-0.05, 0) is 54.8 Å². The minimum Gasteiger partial charge on any atom is -0.497 e. The lowest BCUT2D eigenvalue weighted by Crippen LogP contribution is -2.47. The topological polar surface area (TPSA) is 82.7 Å². The summed E-state index contributed by atoms with van der Waals surface area (Å²) in [5.74, 6) is 1.76. The number of carbonyl (C=O) groups excluding carboxylic acids is 1. The average Bonchev–Trinajstić information content (AvgIpc) is 3.34. The number of hydrogen-bond donors (Lipinski definition) is 2. The van der Waals surface area contributed by atoms with E-state index in [9.17, 15) is 13.6 Å². The Labute approximate surface area is 209 Å². The number of alkyl halides is 2. The first kappa shape index (κ1) is 25.4. The van der Waals surface area contributed by atoms with Crippen molar-refractivity contribution in [1.29, 1.82) is 0 Å². The number of methoxy groups -OCH3 is 2. The molecule has 1 amide bonds. The lowest BCUT2D eigenvalue weighted by Gasteiger charge is -2.35. The Morgan fingerprint density at radius 3 is 2.28 bits per heavy atom. The van der Waals surface area contributed by atoms with Gasteiger partial charge < -0.3 is 19.7 Å². The summed E-state index contributed by atoms with van der Waals surface area (Å²) < 4.78 is 35.8. The van der Waals surface area contributed by atoms with Crippen LogP contribution in [0.4, 0.5) is 20.3 Å². The van der Waals surface area contributed by atoms with Crippen LogP contribution in [-0.4, -0.2) is 74.4 Å². The first-order valence-electron chi connectivity index (χ1n) is 11.9. The van der Waals surface area contributed by atoms with Crippen molar-refractivity contribution in [3.63, 3.8) is 0 Å². The molecule has 2 heterocycles. The maximum atomic E-state index is 12.7. The number of aromatic nitrogens is 2. The van der Waals surface area contributed by atoms with Gasteiger partial charge in [0.15, 0.2) is 0 Å². The molecule has 1 fully saturated rings. The number of halogens is 2. The van der Waals surface area contributed by atoms with Crippen molar-refractivity contribution in [2.24, 2.45) is 0 Å². The average molecular weight is 500 g/mol. The van der Waals surface area contributed by atoms with Gasteiger partial charge in [-0.15, -0.1) is 0 Å². The Morgan fingerprint density at radius 1 is 1.00 bits per heavy atom. The minimum absolute atomic E-state index is 0.183. The normalized spacial score (nSPS) is 14.2. The summed E-state index contributed by atoms with van der Waals surface area (Å²) >= 11 is 0. The summed E-state index contributed by atoms with van der Waals surface area (Å²) in [5.41, 5.74) is 3.39. The fourth-order valence-electron chi connectivity index (χ4n) is 4.24. The zero-order chi connectivity index (χ0) is 25.5. The molecule has 1 aliphatic heterocycles. The van der Waals surface area contributed by atoms with Crippen molar-refractivity contribution >= 4 is 17.4 Å². The zero-order valence-electron chi connectivity index (χ0n) is 20.5. The van der Waals surface area contributed by atoms with Gasteiger partial charge >= 0.3 is 0 Å². The molecule has 0 bridgehead atoms. The first-order chi connectivity index (χ1) is 17.4. The van der Waals surface area contributed by atoms with E-state index in [1.54, 1.807) is 31.3 Å². The van der Waals surface area contributed by atoms with Crippen molar-refractivity contribution in [2.45, 2.75) is 19.3 Å². The fraction of sp³-hybridized carbons (Fsp3) is 0.385. The number of benzene rings is 2. The second kappa shape index (κ2) is 11.9. The zero-order valence-corrected chi connectivity index (χ0v) is 20.5. The molecule has 36 heavy (non-hydrogen) atoms. The van der Waals surface area contributed by atoms with Crippen molar-refractivity contribution in [2.75, 3.05) is 57.2 Å². The number of H-pyrrole nitrogens is 1. The van der Waals surface area contributed by atoms with Crippen LogP contribution >= 0.6 is 0 Å². The molecule has 0 saturated carbocycles. The molecule has 192 valence electrons. The number of anilines is 2. The standard InChI is InChI=1S/C26H31F2N5O3/c1-35-22-13-18(14-23(16-22)36-2)3-6-20-15-25(31-30-20)29-26(34)19-4-7-21(8-5-19)33-11-9-32(10-12-33)17-24(27)28/h4-5,7-8,13-16,24H,3,6,9-12,17H2,1-2H3,(H2,29,30,31,34). The second-order valence-electron chi connectivity index (χ2n) is 8.67. The molecule has 0 aliphatic carbocycles. The lowest BCUT2D eigenvalue weighted by atomic mass is 10.1. The number of nitrogens with zero attached hydrogens (tertiary/aromatic N) is 3. The smallest absolute Gasteiger partial charge is 0.256 e. The molecule has 1 aliphatic rings. The number of ether oxygens (including phenoxy) is 2. The fourth-order valence-corrected chi connectivity index (χ4v) is 4.24. The monoisotopic (exact) mass is 499 g/mol. The Bertz CT molecular complexity index is 1120. The van der Waals surface area contributed by atoms with Crippen molar-refractivity contribution < 1.29 is 23.0 Å². The van der Waals surface area contributed by atoms with Crippen LogP contribution in [0.25, 0.3) is 0 Å². The van der Waals surface area contributed by atoms with Crippen molar-refractivity contribution in [3.8, 4) is 11.5 Å². The van der Waals surface area contributed by atoms with Crippen LogP contribution in [0.5, 0.6) is 11.5 Å². The summed E-state index contributed by atoms with van der Waals surface area (Å²) in [6.07, 6.45) is -0.886. The number of hydrogen-bond acceptors (Lipinski definition) is 6. The molecule has 0 unspecified atom stereocenters. The number of carbonyl (C=O) groups is 1. The summed E-state index contributed by atoms with van der Waals surface area (Å²) in [6.45, 7) is 2.37. The first-order valence-corrected chi connectivity index (χ1v) is 11.9. The molecule has 10 heteroatoms. The van der Waals surface area contributed by atoms with Gasteiger partial charge in [0.25, 0.3) is 12.3 Å². The van der Waals surface area contributed by atoms with E-state index in [2.05, 4.69) is 20.4 Å². The summed E-state index contributed by atoms with van der Waals surface area (Å²) in [7, 11) is 3.24. The van der Waals surface area contributed by atoms with E-state index in [0.717, 1.165) is 34.9 Å². The van der Waals surface area contributed by atoms with Crippen LogP contribution in [0.2, 0.25) is 0 Å². The van der Waals surface area contributed by atoms with Crippen LogP contribution in [-0.2, 0) is 12.8 Å². The maximum absolute atomic E-state index is 12.7. The lowest BCUT2D eigenvalue weighted by molar-refractivity contribution is 0.0854. The second-order valence-corrected chi connectivity index (χ2v) is 8.67. The molecular weight excluding hydrogens is 468 g/mol. The SMILES string of the molecule is COc1cc(CCc2cc(NC(=O)c3ccc(N4CCN(CC(F)F)CC4)cc3)[nH]n2)cc(OC)c1. The molecule has 1 aromatic heterocycles. The van der Waals surface area contributed by atoms with Crippen LogP contribution < -0.4 is 19.7 Å². The third-order valence-electron chi connectivity index (χ3n) is 6.22. The van der Waals surface area contributed by atoms with Gasteiger partial charge in [-0.2, -0.15) is 5.10 Å². The minimum atomic E-state index is -2.31. The largest absolute Gasteiger partial charge is 0.497 e. The predicted molar refractivity (Wildman–Crippen MR) is 135 cm³/mol. The van der Waals surface area contributed by atoms with E-state index in [4.69, 9.17) is 9.47 Å². The van der Waals surface area contributed by atoms with E-state index in [1.165, 1.54) is 0 Å². The van der Waals surface area contributed by atoms with E-state index in [-0.39, 0.29) is 12.5 Å². The number of amides is 1. The van der Waals surface area contributed by atoms with Crippen LogP contribution in [0.1, 0.15) is 21.6 Å². The highest BCUT2D eigenvalue weighted by Gasteiger charge is 2.20. The third-order valence-corrected chi connectivity index (χ3v) is 6.22. The molecule has 3 aromatic rings. The molecular formula is C26H31F2N5O3. The molecule has 0 radical (unpaired) electrons. The van der Waals surface area contributed by atoms with Crippen LogP contribution in [0.3, 0.4) is 0 Å². The number of piperazine rings is 1. The van der Waals surface area contributed by atoms with E-state index >= 15 is 0 Å². The summed E-state index contributed by atoms with van der Waals surface area (Å²) in [5, 5.41) is 10.0. The van der Waals surface area contributed by atoms with Crippen LogP contribution in [0.15, 0.2) is 48.5 Å². The van der Waals surface area contributed by atoms with Gasteiger partial charge in [-0.25, -0.2) is 8.78 Å². The highest BCUT2D eigenvalue weighted by Crippen LogP contribution is 2.24. The van der Waals surface area contributed by atoms with Gasteiger partial charge in [0, 0.05) is 49.6 Å². The molecule has 1 saturated heterocycles. The highest BCUT2D eigenvalue weighted by molar-refractivity contribution is 6.03. The highest BCUT2D eigenvalue weighted by atomic mass is 19.3. The predicted octanol–water partition coefficient (Wildman–Crippen LogP) is 3.85. The molecule has 8 nitrogen and oxygen atoms in total. The van der Waals surface area contributed by atoms with Gasteiger partial charge in [0.2, 0.25) is 0 Å². The van der Waals surface area contributed by atoms with Gasteiger partial charge in [-0.1, -0.05) is 0 Å². The third kappa shape index (κ3) is 6.72. The Morgan fingerprint density at radius 2 is 1.67 bits per heavy atom. The summed E-state index contributed by atoms with van der Waals surface area (Å²) in [6, 6.07) is 14.9. The van der Waals surface area contributed by atoms with E-state index in [0.29, 0.717) is 44.0 Å². The van der Waals surface area contributed by atoms with Crippen molar-refractivity contribution in [3.05, 3.63) is 65.4 Å². The van der Waals surface area contributed by atoms with Gasteiger partial charge in [-0.3, -0.25) is 14.8 Å². The quantitative estimate of drug-likeness (QED) is 0.441. The number of aryl methyl sites for hydroxylation is 2. The Hall–Kier alpha value is -3.66. The molecule has 2 N–H and O–H groups in total. The number of aromatic amines is 1. The Kier molecular flexibility index (Phi) is 8.37. The van der Waals surface area contributed by atoms with E-state index < -0.39 is 6.43 Å². The maximum Gasteiger partial charge on any atom is 0.256 e. The molecule has 0 spiro atoms. The Balaban J connectivity index is 1.29. The van der Waals surface area contributed by atoms with Crippen LogP contribution in [0, 0.1) is 0 Å². The van der Waals surface area contributed by atoms with Gasteiger partial charge in [0.1, 0.15) is 17.3 Å². The van der Waals surface area contributed by atoms with E-state index in [1.807, 2.05) is 36.4 Å². The molecule has 2 aromatic carbocycles. The number of rotatable bonds is 10.